The molecule has 0 saturated heterocycles. The number of ketones is 1. The largest absolute Gasteiger partial charge is 0.339 e. The second kappa shape index (κ2) is 7.84. The van der Waals surface area contributed by atoms with E-state index >= 15 is 0 Å². The van der Waals surface area contributed by atoms with Crippen LogP contribution in [0.15, 0.2) is 27.7 Å². The number of imidazole rings is 1. The second-order valence-electron chi connectivity index (χ2n) is 7.44. The molecule has 10 heteroatoms. The Labute approximate surface area is 182 Å². The summed E-state index contributed by atoms with van der Waals surface area (Å²) in [5, 5.41) is 12.4. The number of Topliss-reactive ketones (excluding diaryl/α,β-unsaturated/α-hetero) is 1. The molecular weight excluding hydrogens is 414 g/mol. The van der Waals surface area contributed by atoms with E-state index in [9.17, 15) is 4.79 Å². The summed E-state index contributed by atoms with van der Waals surface area (Å²) >= 11 is 1.67. The monoisotopic (exact) mass is 435 g/mol. The van der Waals surface area contributed by atoms with Crippen molar-refractivity contribution in [3.63, 3.8) is 0 Å². The quantitative estimate of drug-likeness (QED) is 0.313. The van der Waals surface area contributed by atoms with E-state index in [2.05, 4.69) is 27.3 Å². The Morgan fingerprint density at radius 1 is 1.23 bits per heavy atom. The number of aromatic nitrogens is 7. The summed E-state index contributed by atoms with van der Waals surface area (Å²) < 4.78 is 7.25. The smallest absolute Gasteiger partial charge is 0.230 e. The summed E-state index contributed by atoms with van der Waals surface area (Å²) in [5.41, 5.74) is 3.10. The number of nitrogens with zero attached hydrogens (tertiary/aromatic N) is 7. The molecule has 5 rings (SSSR count). The summed E-state index contributed by atoms with van der Waals surface area (Å²) in [5.74, 6) is 3.14. The Hall–Kier alpha value is -3.14. The lowest BCUT2D eigenvalue weighted by Gasteiger charge is -2.08. The third-order valence-corrected chi connectivity index (χ3v) is 6.13. The van der Waals surface area contributed by atoms with Gasteiger partial charge in [0.15, 0.2) is 17.3 Å². The Morgan fingerprint density at radius 2 is 2.06 bits per heavy atom. The molecule has 1 saturated carbocycles. The van der Waals surface area contributed by atoms with Crippen molar-refractivity contribution >= 4 is 28.7 Å². The Morgan fingerprint density at radius 3 is 2.81 bits per heavy atom. The molecule has 9 nitrogen and oxygen atoms in total. The summed E-state index contributed by atoms with van der Waals surface area (Å²) in [4.78, 5) is 26.9. The second-order valence-corrected chi connectivity index (χ2v) is 8.75. The number of thioether (sulfide) groups is 1. The molecule has 4 aromatic heterocycles. The first kappa shape index (κ1) is 19.8. The molecule has 0 aliphatic heterocycles. The molecule has 0 radical (unpaired) electrons. The van der Waals surface area contributed by atoms with Crippen molar-refractivity contribution in [2.75, 3.05) is 5.75 Å². The fraction of sp³-hybridized carbons (Fsp3) is 0.381. The normalized spacial score (nSPS) is 13.8. The highest BCUT2D eigenvalue weighted by Gasteiger charge is 2.30. The molecule has 0 spiro atoms. The van der Waals surface area contributed by atoms with Gasteiger partial charge in [0.2, 0.25) is 11.7 Å². The summed E-state index contributed by atoms with van der Waals surface area (Å²) in [7, 11) is 1.87. The molecule has 1 fully saturated rings. The zero-order valence-electron chi connectivity index (χ0n) is 17.5. The van der Waals surface area contributed by atoms with Crippen molar-refractivity contribution in [1.29, 1.82) is 0 Å². The van der Waals surface area contributed by atoms with Crippen LogP contribution in [0, 0.1) is 0 Å². The van der Waals surface area contributed by atoms with Gasteiger partial charge in [0.05, 0.1) is 0 Å². The minimum atomic E-state index is -0.0583. The minimum absolute atomic E-state index is 0.0583. The molecule has 1 aliphatic carbocycles. The molecule has 1 aliphatic rings. The summed E-state index contributed by atoms with van der Waals surface area (Å²) in [6.45, 7) is 3.89. The average Bonchev–Trinajstić information content (AvgIpc) is 3.43. The number of hydrogen-bond acceptors (Lipinski definition) is 9. The van der Waals surface area contributed by atoms with Crippen LogP contribution in [-0.4, -0.2) is 46.4 Å². The Balaban J connectivity index is 1.57. The van der Waals surface area contributed by atoms with Gasteiger partial charge < -0.3 is 9.09 Å². The zero-order valence-corrected chi connectivity index (χ0v) is 18.3. The van der Waals surface area contributed by atoms with Crippen molar-refractivity contribution in [2.24, 2.45) is 7.05 Å². The lowest BCUT2D eigenvalue weighted by atomic mass is 10.2. The third kappa shape index (κ3) is 3.60. The summed E-state index contributed by atoms with van der Waals surface area (Å²) in [6, 6.07) is 3.71. The van der Waals surface area contributed by atoms with Gasteiger partial charge in [-0.1, -0.05) is 19.0 Å². The van der Waals surface area contributed by atoms with Crippen LogP contribution < -0.4 is 0 Å². The van der Waals surface area contributed by atoms with E-state index in [4.69, 9.17) is 14.5 Å². The fourth-order valence-corrected chi connectivity index (χ4v) is 4.17. The van der Waals surface area contributed by atoms with Crippen molar-refractivity contribution in [3.05, 3.63) is 29.9 Å². The van der Waals surface area contributed by atoms with Gasteiger partial charge in [-0.2, -0.15) is 4.98 Å². The molecule has 31 heavy (non-hydrogen) atoms. The van der Waals surface area contributed by atoms with Crippen LogP contribution in [0.5, 0.6) is 0 Å². The number of carbonyl (C=O) groups is 1. The van der Waals surface area contributed by atoms with Crippen molar-refractivity contribution in [2.45, 2.75) is 43.9 Å². The third-order valence-electron chi connectivity index (χ3n) is 5.21. The van der Waals surface area contributed by atoms with E-state index in [1.807, 2.05) is 17.7 Å². The van der Waals surface area contributed by atoms with Gasteiger partial charge in [0.25, 0.3) is 0 Å². The first-order valence-electron chi connectivity index (χ1n) is 10.3. The van der Waals surface area contributed by atoms with Crippen LogP contribution >= 0.6 is 11.8 Å². The van der Waals surface area contributed by atoms with Crippen molar-refractivity contribution in [1.82, 2.24) is 34.9 Å². The van der Waals surface area contributed by atoms with Crippen molar-refractivity contribution in [3.8, 4) is 22.9 Å². The van der Waals surface area contributed by atoms with Crippen LogP contribution in [0.2, 0.25) is 0 Å². The molecule has 0 bridgehead atoms. The van der Waals surface area contributed by atoms with Gasteiger partial charge in [0.1, 0.15) is 16.9 Å². The number of aryl methyl sites for hydroxylation is 1. The van der Waals surface area contributed by atoms with E-state index in [1.54, 1.807) is 30.9 Å². The van der Waals surface area contributed by atoms with Gasteiger partial charge in [-0.3, -0.25) is 9.78 Å². The minimum Gasteiger partial charge on any atom is -0.339 e. The maximum absolute atomic E-state index is 12.0. The Kier molecular flexibility index (Phi) is 5.01. The van der Waals surface area contributed by atoms with Crippen LogP contribution in [0.3, 0.4) is 0 Å². The van der Waals surface area contributed by atoms with Crippen LogP contribution in [0.1, 0.15) is 55.4 Å². The van der Waals surface area contributed by atoms with Crippen LogP contribution in [0.4, 0.5) is 0 Å². The van der Waals surface area contributed by atoms with Crippen LogP contribution in [0.25, 0.3) is 34.1 Å². The van der Waals surface area contributed by atoms with E-state index in [-0.39, 0.29) is 5.78 Å². The van der Waals surface area contributed by atoms with E-state index < -0.39 is 0 Å². The number of carbonyl (C=O) groups excluding carboxylic acids is 1. The maximum Gasteiger partial charge on any atom is 0.230 e. The van der Waals surface area contributed by atoms with Crippen LogP contribution in [-0.2, 0) is 7.05 Å². The first-order valence-corrected chi connectivity index (χ1v) is 11.3. The summed E-state index contributed by atoms with van der Waals surface area (Å²) in [6.07, 6.45) is 4.33. The highest BCUT2D eigenvalue weighted by molar-refractivity contribution is 7.99. The number of hydrogen-bond donors (Lipinski definition) is 0. The van der Waals surface area contributed by atoms with Crippen molar-refractivity contribution < 1.29 is 9.32 Å². The highest BCUT2D eigenvalue weighted by Crippen LogP contribution is 2.40. The molecule has 4 aromatic rings. The number of pyridine rings is 1. The van der Waals surface area contributed by atoms with E-state index in [0.29, 0.717) is 46.7 Å². The molecule has 0 aromatic carbocycles. The topological polar surface area (TPSA) is 112 Å². The van der Waals surface area contributed by atoms with Gasteiger partial charge in [-0.25, -0.2) is 4.98 Å². The van der Waals surface area contributed by atoms with Gasteiger partial charge >= 0.3 is 0 Å². The number of rotatable bonds is 7. The van der Waals surface area contributed by atoms with Gasteiger partial charge in [-0.15, -0.1) is 22.0 Å². The Bertz CT molecular complexity index is 1290. The molecule has 0 amide bonds. The van der Waals surface area contributed by atoms with E-state index in [0.717, 1.165) is 34.7 Å². The van der Waals surface area contributed by atoms with Gasteiger partial charge in [-0.05, 0) is 30.7 Å². The average molecular weight is 436 g/mol. The molecule has 4 heterocycles. The lowest BCUT2D eigenvalue weighted by molar-refractivity contribution is 0.0982. The maximum atomic E-state index is 12.0. The first-order chi connectivity index (χ1) is 15.1. The standard InChI is InChI=1S/C21H21N7O2S/c1-4-15(29)13-9-14-19(26-25-13)28(3)20(23-14)17-16(31-5-2)8-12(10-22-17)18-24-21(30-27-18)11-6-7-11/h8-11H,4-7H2,1-3H3. The predicted octanol–water partition coefficient (Wildman–Crippen LogP) is 4.06. The zero-order chi connectivity index (χ0) is 21.5. The highest BCUT2D eigenvalue weighted by atomic mass is 32.2. The lowest BCUT2D eigenvalue weighted by Crippen LogP contribution is -2.03. The van der Waals surface area contributed by atoms with E-state index in [1.165, 1.54) is 0 Å². The molecular formula is C21H21N7O2S. The predicted molar refractivity (Wildman–Crippen MR) is 116 cm³/mol. The molecule has 0 unspecified atom stereocenters. The number of fused-ring (bicyclic) bond motifs is 1. The fourth-order valence-electron chi connectivity index (χ4n) is 3.36. The SMILES string of the molecule is CCSc1cc(-c2noc(C3CC3)n2)cnc1-c1nc2cc(C(=O)CC)nnc2n1C. The molecule has 0 atom stereocenters. The van der Waals surface area contributed by atoms with Gasteiger partial charge in [0, 0.05) is 36.0 Å². The molecule has 158 valence electrons. The molecule has 0 N–H and O–H groups in total.